The lowest BCUT2D eigenvalue weighted by molar-refractivity contribution is 1.04. The van der Waals surface area contributed by atoms with Gasteiger partial charge in [-0.05, 0) is 72.1 Å². The minimum absolute atomic E-state index is 1.11. The second-order valence-electron chi connectivity index (χ2n) is 5.63. The van der Waals surface area contributed by atoms with Crippen molar-refractivity contribution in [3.63, 3.8) is 0 Å². The van der Waals surface area contributed by atoms with Gasteiger partial charge in [0.15, 0.2) is 0 Å². The molecule has 0 aliphatic carbocycles. The van der Waals surface area contributed by atoms with Crippen LogP contribution in [0.3, 0.4) is 0 Å². The van der Waals surface area contributed by atoms with Crippen molar-refractivity contribution in [1.29, 1.82) is 0 Å². The van der Waals surface area contributed by atoms with Gasteiger partial charge in [0.1, 0.15) is 0 Å². The maximum atomic E-state index is 2.37. The van der Waals surface area contributed by atoms with Gasteiger partial charge in [0.2, 0.25) is 0 Å². The SMILES string of the molecule is CCc1ccc(-c2cc(C)c(CC)c(C)c2)cc1CC. The fourth-order valence-electron chi connectivity index (χ4n) is 3.20. The molecule has 0 aliphatic rings. The normalized spacial score (nSPS) is 10.8. The zero-order valence-corrected chi connectivity index (χ0v) is 13.5. The predicted molar refractivity (Wildman–Crippen MR) is 89.5 cm³/mol. The van der Waals surface area contributed by atoms with Gasteiger partial charge < -0.3 is 0 Å². The van der Waals surface area contributed by atoms with Crippen molar-refractivity contribution in [2.45, 2.75) is 53.9 Å². The molecular formula is C20H26. The highest BCUT2D eigenvalue weighted by atomic mass is 14.1. The summed E-state index contributed by atoms with van der Waals surface area (Å²) in [5.74, 6) is 0. The first kappa shape index (κ1) is 14.8. The Balaban J connectivity index is 2.51. The van der Waals surface area contributed by atoms with Gasteiger partial charge in [0.25, 0.3) is 0 Å². The zero-order valence-electron chi connectivity index (χ0n) is 13.5. The molecule has 0 radical (unpaired) electrons. The van der Waals surface area contributed by atoms with E-state index in [1.807, 2.05) is 0 Å². The van der Waals surface area contributed by atoms with Crippen LogP contribution in [-0.2, 0) is 19.3 Å². The average molecular weight is 266 g/mol. The van der Waals surface area contributed by atoms with Crippen LogP contribution in [0.5, 0.6) is 0 Å². The maximum absolute atomic E-state index is 2.37. The third-order valence-corrected chi connectivity index (χ3v) is 4.35. The van der Waals surface area contributed by atoms with Crippen LogP contribution in [0.2, 0.25) is 0 Å². The Hall–Kier alpha value is -1.56. The lowest BCUT2D eigenvalue weighted by Gasteiger charge is -2.13. The van der Waals surface area contributed by atoms with Crippen LogP contribution in [0.15, 0.2) is 30.3 Å². The third-order valence-electron chi connectivity index (χ3n) is 4.35. The van der Waals surface area contributed by atoms with Crippen molar-refractivity contribution >= 4 is 0 Å². The van der Waals surface area contributed by atoms with E-state index in [0.29, 0.717) is 0 Å². The van der Waals surface area contributed by atoms with Gasteiger partial charge in [-0.15, -0.1) is 0 Å². The topological polar surface area (TPSA) is 0 Å². The summed E-state index contributed by atoms with van der Waals surface area (Å²) >= 11 is 0. The van der Waals surface area contributed by atoms with Crippen molar-refractivity contribution in [1.82, 2.24) is 0 Å². The van der Waals surface area contributed by atoms with E-state index in [-0.39, 0.29) is 0 Å². The molecule has 0 heteroatoms. The number of hydrogen-bond acceptors (Lipinski definition) is 0. The van der Waals surface area contributed by atoms with E-state index in [9.17, 15) is 0 Å². The summed E-state index contributed by atoms with van der Waals surface area (Å²) < 4.78 is 0. The number of rotatable bonds is 4. The van der Waals surface area contributed by atoms with Crippen LogP contribution >= 0.6 is 0 Å². The van der Waals surface area contributed by atoms with Crippen LogP contribution in [0.1, 0.15) is 48.6 Å². The van der Waals surface area contributed by atoms with Crippen LogP contribution in [0, 0.1) is 13.8 Å². The second-order valence-corrected chi connectivity index (χ2v) is 5.63. The summed E-state index contributed by atoms with van der Waals surface area (Å²) in [6.07, 6.45) is 3.35. The van der Waals surface area contributed by atoms with Crippen LogP contribution in [0.25, 0.3) is 11.1 Å². The molecule has 0 heterocycles. The predicted octanol–water partition coefficient (Wildman–Crippen LogP) is 5.66. The molecule has 0 saturated heterocycles. The van der Waals surface area contributed by atoms with Gasteiger partial charge in [-0.25, -0.2) is 0 Å². The van der Waals surface area contributed by atoms with Crippen molar-refractivity contribution in [3.8, 4) is 11.1 Å². The Bertz CT molecular complexity index is 582. The van der Waals surface area contributed by atoms with E-state index < -0.39 is 0 Å². The molecule has 0 amide bonds. The first-order valence-corrected chi connectivity index (χ1v) is 7.82. The van der Waals surface area contributed by atoms with E-state index in [2.05, 4.69) is 65.0 Å². The molecule has 0 saturated carbocycles. The molecule has 2 aromatic rings. The Morgan fingerprint density at radius 2 is 1.25 bits per heavy atom. The molecule has 0 spiro atoms. The fraction of sp³-hybridized carbons (Fsp3) is 0.400. The van der Waals surface area contributed by atoms with E-state index in [1.54, 1.807) is 0 Å². The first-order chi connectivity index (χ1) is 9.60. The van der Waals surface area contributed by atoms with E-state index in [4.69, 9.17) is 0 Å². The molecule has 0 nitrogen and oxygen atoms in total. The lowest BCUT2D eigenvalue weighted by Crippen LogP contribution is -1.95. The van der Waals surface area contributed by atoms with Crippen molar-refractivity contribution in [2.75, 3.05) is 0 Å². The molecular weight excluding hydrogens is 240 g/mol. The van der Waals surface area contributed by atoms with Crippen molar-refractivity contribution in [2.24, 2.45) is 0 Å². The standard InChI is InChI=1S/C20H26/c1-6-16-9-10-18(13-17(16)7-2)19-11-14(4)20(8-3)15(5)12-19/h9-13H,6-8H2,1-5H3. The Morgan fingerprint density at radius 3 is 1.75 bits per heavy atom. The highest BCUT2D eigenvalue weighted by Gasteiger charge is 2.07. The molecule has 0 atom stereocenters. The van der Waals surface area contributed by atoms with Gasteiger partial charge in [0, 0.05) is 0 Å². The number of benzene rings is 2. The monoisotopic (exact) mass is 266 g/mol. The average Bonchev–Trinajstić information content (AvgIpc) is 2.46. The summed E-state index contributed by atoms with van der Waals surface area (Å²) in [4.78, 5) is 0. The largest absolute Gasteiger partial charge is 0.0613 e. The third kappa shape index (κ3) is 2.80. The molecule has 2 rings (SSSR count). The molecule has 0 N–H and O–H groups in total. The highest BCUT2D eigenvalue weighted by molar-refractivity contribution is 5.67. The quantitative estimate of drug-likeness (QED) is 0.670. The molecule has 20 heavy (non-hydrogen) atoms. The maximum Gasteiger partial charge on any atom is -0.0178 e. The van der Waals surface area contributed by atoms with Gasteiger partial charge in [-0.3, -0.25) is 0 Å². The molecule has 0 bridgehead atoms. The molecule has 2 aromatic carbocycles. The summed E-state index contributed by atoms with van der Waals surface area (Å²) in [5.41, 5.74) is 10.0. The Morgan fingerprint density at radius 1 is 0.650 bits per heavy atom. The molecule has 0 fully saturated rings. The van der Waals surface area contributed by atoms with Gasteiger partial charge in [-0.1, -0.05) is 51.1 Å². The van der Waals surface area contributed by atoms with Crippen molar-refractivity contribution in [3.05, 3.63) is 58.1 Å². The van der Waals surface area contributed by atoms with Gasteiger partial charge >= 0.3 is 0 Å². The van der Waals surface area contributed by atoms with Gasteiger partial charge in [0.05, 0.1) is 0 Å². The van der Waals surface area contributed by atoms with Crippen molar-refractivity contribution < 1.29 is 0 Å². The lowest BCUT2D eigenvalue weighted by atomic mass is 9.92. The molecule has 0 aromatic heterocycles. The summed E-state index contributed by atoms with van der Waals surface area (Å²) in [5, 5.41) is 0. The first-order valence-electron chi connectivity index (χ1n) is 7.82. The van der Waals surface area contributed by atoms with Crippen LogP contribution in [-0.4, -0.2) is 0 Å². The number of aryl methyl sites for hydroxylation is 4. The summed E-state index contributed by atoms with van der Waals surface area (Å²) in [7, 11) is 0. The van der Waals surface area contributed by atoms with E-state index in [1.165, 1.54) is 38.9 Å². The van der Waals surface area contributed by atoms with Crippen LogP contribution < -0.4 is 0 Å². The number of hydrogen-bond donors (Lipinski definition) is 0. The minimum atomic E-state index is 1.11. The van der Waals surface area contributed by atoms with Crippen LogP contribution in [0.4, 0.5) is 0 Å². The van der Waals surface area contributed by atoms with E-state index >= 15 is 0 Å². The fourth-order valence-corrected chi connectivity index (χ4v) is 3.20. The van der Waals surface area contributed by atoms with E-state index in [0.717, 1.165) is 19.3 Å². The smallest absolute Gasteiger partial charge is 0.0178 e. The molecule has 0 aliphatic heterocycles. The minimum Gasteiger partial charge on any atom is -0.0613 e. The second kappa shape index (κ2) is 6.26. The summed E-state index contributed by atoms with van der Waals surface area (Å²) in [6.45, 7) is 11.2. The van der Waals surface area contributed by atoms with Gasteiger partial charge in [-0.2, -0.15) is 0 Å². The zero-order chi connectivity index (χ0) is 14.7. The Kier molecular flexibility index (Phi) is 4.65. The summed E-state index contributed by atoms with van der Waals surface area (Å²) in [6, 6.07) is 11.6. The highest BCUT2D eigenvalue weighted by Crippen LogP contribution is 2.27. The molecule has 106 valence electrons. The Labute approximate surface area is 123 Å². The molecule has 0 unspecified atom stereocenters.